The first-order valence-electron chi connectivity index (χ1n) is 19.1. The van der Waals surface area contributed by atoms with Crippen LogP contribution in [-0.2, 0) is 19.1 Å². The van der Waals surface area contributed by atoms with Crippen LogP contribution in [0.2, 0.25) is 0 Å². The number of rotatable bonds is 7. The molecule has 5 aliphatic carbocycles. The molecule has 2 N–H and O–H groups in total. The van der Waals surface area contributed by atoms with Gasteiger partial charge in [0, 0.05) is 24.2 Å². The van der Waals surface area contributed by atoms with Crippen molar-refractivity contribution in [1.82, 2.24) is 10.3 Å². The Morgan fingerprint density at radius 3 is 2.29 bits per heavy atom. The largest absolute Gasteiger partial charge is 0.481 e. The molecule has 8 atom stereocenters. The minimum Gasteiger partial charge on any atom is -0.481 e. The van der Waals surface area contributed by atoms with E-state index in [9.17, 15) is 24.3 Å². The van der Waals surface area contributed by atoms with Crippen molar-refractivity contribution in [2.45, 2.75) is 145 Å². The minimum atomic E-state index is -1.17. The molecule has 4 saturated carbocycles. The van der Waals surface area contributed by atoms with Gasteiger partial charge in [0.1, 0.15) is 6.10 Å². The Bertz CT molecular complexity index is 1650. The summed E-state index contributed by atoms with van der Waals surface area (Å²) >= 11 is 0. The van der Waals surface area contributed by atoms with E-state index >= 15 is 0 Å². The molecule has 1 amide bonds. The van der Waals surface area contributed by atoms with E-state index in [1.54, 1.807) is 26.2 Å². The molecule has 51 heavy (non-hydrogen) atoms. The van der Waals surface area contributed by atoms with Crippen LogP contribution >= 0.6 is 12.4 Å². The molecule has 0 radical (unpaired) electrons. The third-order valence-electron chi connectivity index (χ3n) is 15.4. The summed E-state index contributed by atoms with van der Waals surface area (Å²) in [6.07, 6.45) is 10.9. The number of fused-ring (bicyclic) bond motifs is 7. The molecule has 9 heteroatoms. The zero-order valence-electron chi connectivity index (χ0n) is 32.5. The highest BCUT2D eigenvalue weighted by Crippen LogP contribution is 2.76. The van der Waals surface area contributed by atoms with Crippen molar-refractivity contribution in [2.75, 3.05) is 0 Å². The lowest BCUT2D eigenvalue weighted by atomic mass is 9.33. The number of pyridine rings is 1. The number of ether oxygens (including phenoxy) is 1. The molecule has 6 rings (SSSR count). The zero-order valence-corrected chi connectivity index (χ0v) is 33.4. The number of hydrogen-bond acceptors (Lipinski definition) is 6. The van der Waals surface area contributed by atoms with E-state index in [4.69, 9.17) is 4.74 Å². The number of esters is 1. The maximum atomic E-state index is 14.0. The molecule has 5 aliphatic rings. The Kier molecular flexibility index (Phi) is 10.0. The first-order valence-corrected chi connectivity index (χ1v) is 19.1. The molecule has 0 saturated heterocycles. The number of nitrogens with one attached hydrogen (secondary N) is 1. The summed E-state index contributed by atoms with van der Waals surface area (Å²) in [4.78, 5) is 56.9. The van der Waals surface area contributed by atoms with Crippen LogP contribution in [0.25, 0.3) is 0 Å². The van der Waals surface area contributed by atoms with Crippen LogP contribution in [0, 0.1) is 57.7 Å². The fourth-order valence-electron chi connectivity index (χ4n) is 12.6. The highest BCUT2D eigenvalue weighted by Gasteiger charge is 2.70. The molecule has 1 aromatic rings. The number of carboxylic acid groups (broad SMARTS) is 1. The second-order valence-electron chi connectivity index (χ2n) is 19.1. The molecule has 0 bridgehead atoms. The van der Waals surface area contributed by atoms with Crippen LogP contribution < -0.4 is 5.32 Å². The first-order chi connectivity index (χ1) is 23.1. The Morgan fingerprint density at radius 1 is 0.980 bits per heavy atom. The van der Waals surface area contributed by atoms with Crippen LogP contribution in [0.3, 0.4) is 0 Å². The SMILES string of the molecule is Cc1ccncc1C(=O)N[C@@]12CC[C@]3(C)[C@H](CC[C@@H]4[C@@]5(C)CC[C@H](OC(=O)CC(C)(C)C(=O)O)C(C)(C)[C@@H]5CC[C@]43C)C1=C(C(C)C)C(=O)C2.Cl. The molecule has 282 valence electrons. The van der Waals surface area contributed by atoms with Gasteiger partial charge >= 0.3 is 11.9 Å². The lowest BCUT2D eigenvalue weighted by Gasteiger charge is -2.72. The molecular formula is C42H61ClN2O6. The predicted octanol–water partition coefficient (Wildman–Crippen LogP) is 8.69. The van der Waals surface area contributed by atoms with Crippen molar-refractivity contribution < 1.29 is 29.0 Å². The Hall–Kier alpha value is -2.74. The smallest absolute Gasteiger partial charge is 0.309 e. The molecule has 0 aromatic carbocycles. The van der Waals surface area contributed by atoms with Gasteiger partial charge in [0.15, 0.2) is 5.78 Å². The number of hydrogen-bond donors (Lipinski definition) is 2. The van der Waals surface area contributed by atoms with E-state index < -0.39 is 22.9 Å². The summed E-state index contributed by atoms with van der Waals surface area (Å²) in [6, 6.07) is 1.86. The van der Waals surface area contributed by atoms with Gasteiger partial charge in [0.05, 0.1) is 22.9 Å². The van der Waals surface area contributed by atoms with Gasteiger partial charge in [0.2, 0.25) is 0 Å². The Balaban J connectivity index is 0.00000504. The van der Waals surface area contributed by atoms with Crippen LogP contribution in [0.4, 0.5) is 0 Å². The lowest BCUT2D eigenvalue weighted by molar-refractivity contribution is -0.232. The van der Waals surface area contributed by atoms with Gasteiger partial charge < -0.3 is 15.2 Å². The van der Waals surface area contributed by atoms with Crippen molar-refractivity contribution in [3.05, 3.63) is 40.7 Å². The van der Waals surface area contributed by atoms with Crippen molar-refractivity contribution in [2.24, 2.45) is 50.7 Å². The number of allylic oxidation sites excluding steroid dienone is 1. The predicted molar refractivity (Wildman–Crippen MR) is 199 cm³/mol. The van der Waals surface area contributed by atoms with Crippen molar-refractivity contribution in [3.8, 4) is 0 Å². The number of carbonyl (C=O) groups excluding carboxylic acids is 3. The van der Waals surface area contributed by atoms with Crippen LogP contribution in [-0.4, -0.2) is 45.4 Å². The number of ketones is 1. The average Bonchev–Trinajstić information content (AvgIpc) is 3.30. The third-order valence-corrected chi connectivity index (χ3v) is 15.4. The molecule has 4 fully saturated rings. The number of carboxylic acids is 1. The third kappa shape index (κ3) is 5.88. The monoisotopic (exact) mass is 724 g/mol. The van der Waals surface area contributed by atoms with E-state index in [0.717, 1.165) is 62.5 Å². The van der Waals surface area contributed by atoms with Crippen LogP contribution in [0.5, 0.6) is 0 Å². The molecule has 1 heterocycles. The van der Waals surface area contributed by atoms with Gasteiger partial charge in [0.25, 0.3) is 5.91 Å². The zero-order chi connectivity index (χ0) is 36.8. The highest BCUT2D eigenvalue weighted by atomic mass is 35.5. The summed E-state index contributed by atoms with van der Waals surface area (Å²) in [6.45, 7) is 21.4. The second-order valence-corrected chi connectivity index (χ2v) is 19.1. The van der Waals surface area contributed by atoms with E-state index in [0.29, 0.717) is 23.8 Å². The van der Waals surface area contributed by atoms with E-state index in [2.05, 4.69) is 58.8 Å². The van der Waals surface area contributed by atoms with Gasteiger partial charge in [-0.1, -0.05) is 48.5 Å². The first kappa shape index (κ1) is 39.5. The van der Waals surface area contributed by atoms with Gasteiger partial charge in [-0.2, -0.15) is 0 Å². The van der Waals surface area contributed by atoms with Crippen molar-refractivity contribution in [1.29, 1.82) is 0 Å². The normalized spacial score (nSPS) is 37.0. The van der Waals surface area contributed by atoms with Gasteiger partial charge in [-0.25, -0.2) is 0 Å². The molecular weight excluding hydrogens is 664 g/mol. The average molecular weight is 725 g/mol. The van der Waals surface area contributed by atoms with E-state index in [-0.39, 0.29) is 70.1 Å². The van der Waals surface area contributed by atoms with Gasteiger partial charge in [-0.15, -0.1) is 12.4 Å². The molecule has 8 nitrogen and oxygen atoms in total. The maximum Gasteiger partial charge on any atom is 0.309 e. The number of amides is 1. The topological polar surface area (TPSA) is 123 Å². The van der Waals surface area contributed by atoms with E-state index in [1.807, 2.05) is 13.0 Å². The summed E-state index contributed by atoms with van der Waals surface area (Å²) in [5.41, 5.74) is 1.56. The number of aromatic nitrogens is 1. The fourth-order valence-corrected chi connectivity index (χ4v) is 12.6. The maximum absolute atomic E-state index is 14.0. The van der Waals surface area contributed by atoms with Crippen LogP contribution in [0.1, 0.15) is 142 Å². The van der Waals surface area contributed by atoms with Crippen molar-refractivity contribution >= 4 is 36.0 Å². The number of Topliss-reactive ketones (excluding diaryl/α,β-unsaturated/α-hetero) is 1. The number of carbonyl (C=O) groups is 4. The van der Waals surface area contributed by atoms with Gasteiger partial charge in [-0.05, 0) is 135 Å². The highest BCUT2D eigenvalue weighted by molar-refractivity contribution is 6.04. The number of aliphatic carboxylic acids is 1. The van der Waals surface area contributed by atoms with E-state index in [1.165, 1.54) is 5.57 Å². The quantitative estimate of drug-likeness (QED) is 0.270. The van der Waals surface area contributed by atoms with Gasteiger partial charge in [-0.3, -0.25) is 24.2 Å². The summed E-state index contributed by atoms with van der Waals surface area (Å²) in [5, 5.41) is 13.1. The molecule has 0 unspecified atom stereocenters. The standard InChI is InChI=1S/C42H60N2O6.ClH/c1-24(2)33-28(45)21-42(44-35(47)26-23-43-20-15-25(26)3)19-18-40(9)27(34(33)42)11-12-30-39(8)16-14-31(50-32(46)22-37(4,5)36(48)49)38(6,7)29(39)13-17-41(30,40)10;/h15,20,23-24,27,29-31H,11-14,16-19,21-22H2,1-10H3,(H,44,47)(H,48,49);1H/t27-,29+,30-,31+,39+,40-,41-,42-;/m1./s1. The summed E-state index contributed by atoms with van der Waals surface area (Å²) < 4.78 is 6.15. The molecule has 1 aromatic heterocycles. The summed E-state index contributed by atoms with van der Waals surface area (Å²) in [7, 11) is 0. The molecule has 0 aliphatic heterocycles. The fraction of sp³-hybridized carbons (Fsp3) is 0.738. The Labute approximate surface area is 311 Å². The van der Waals surface area contributed by atoms with Crippen molar-refractivity contribution in [3.63, 3.8) is 0 Å². The lowest BCUT2D eigenvalue weighted by Crippen LogP contribution is -2.67. The number of nitrogens with zero attached hydrogens (tertiary/aromatic N) is 1. The number of halogens is 1. The number of aryl methyl sites for hydroxylation is 1. The van der Waals surface area contributed by atoms with Crippen LogP contribution in [0.15, 0.2) is 29.6 Å². The second kappa shape index (κ2) is 13.0. The minimum absolute atomic E-state index is 0. The molecule has 0 spiro atoms. The Morgan fingerprint density at radius 2 is 1.67 bits per heavy atom. The summed E-state index contributed by atoms with van der Waals surface area (Å²) in [5.74, 6) is -0.264.